The zero-order chi connectivity index (χ0) is 11.0. The average molecular weight is 209 g/mol. The predicted molar refractivity (Wildman–Crippen MR) is 50.4 cm³/mol. The normalized spacial score (nSPS) is 29.5. The summed E-state index contributed by atoms with van der Waals surface area (Å²) in [4.78, 5) is 22.5. The third-order valence-electron chi connectivity index (χ3n) is 2.10. The van der Waals surface area contributed by atoms with Gasteiger partial charge in [0.25, 0.3) is 0 Å². The summed E-state index contributed by atoms with van der Waals surface area (Å²) in [5, 5.41) is 2.71. The van der Waals surface area contributed by atoms with Crippen molar-refractivity contribution in [1.82, 2.24) is 5.32 Å². The van der Waals surface area contributed by atoms with Gasteiger partial charge in [0.05, 0.1) is 0 Å². The van der Waals surface area contributed by atoms with Crippen molar-refractivity contribution in [3.8, 4) is 0 Å². The van der Waals surface area contributed by atoms with E-state index < -0.39 is 11.9 Å². The topological polar surface area (TPSA) is 64.6 Å². The molecule has 0 saturated heterocycles. The second-order valence-electron chi connectivity index (χ2n) is 3.51. The van der Waals surface area contributed by atoms with E-state index >= 15 is 0 Å². The minimum atomic E-state index is -0.448. The molecule has 2 rings (SSSR count). The molecule has 15 heavy (non-hydrogen) atoms. The second-order valence-corrected chi connectivity index (χ2v) is 3.51. The highest BCUT2D eigenvalue weighted by Crippen LogP contribution is 2.16. The average Bonchev–Trinajstić information content (AvgIpc) is 2.58. The standard InChI is InChI=1S/C10H11NO4/c1-5-3-7(9(12)14-5)11-8-4-6(2)15-10(8)13/h3-6,11H,1-2H3/t5-,6+. The van der Waals surface area contributed by atoms with Crippen LogP contribution in [0.2, 0.25) is 0 Å². The Kier molecular flexibility index (Phi) is 2.22. The van der Waals surface area contributed by atoms with E-state index in [1.807, 2.05) is 0 Å². The number of rotatable bonds is 2. The highest BCUT2D eigenvalue weighted by Gasteiger charge is 2.28. The molecule has 0 unspecified atom stereocenters. The number of nitrogens with one attached hydrogen (secondary N) is 1. The molecule has 2 aliphatic rings. The first kappa shape index (κ1) is 9.76. The summed E-state index contributed by atoms with van der Waals surface area (Å²) in [7, 11) is 0. The molecule has 0 radical (unpaired) electrons. The van der Waals surface area contributed by atoms with Gasteiger partial charge in [-0.3, -0.25) is 0 Å². The summed E-state index contributed by atoms with van der Waals surface area (Å²) in [6.07, 6.45) is 2.74. The van der Waals surface area contributed by atoms with Crippen molar-refractivity contribution in [2.75, 3.05) is 0 Å². The highest BCUT2D eigenvalue weighted by molar-refractivity contribution is 5.95. The molecule has 5 nitrogen and oxygen atoms in total. The Morgan fingerprint density at radius 2 is 1.40 bits per heavy atom. The molecular formula is C10H11NO4. The van der Waals surface area contributed by atoms with Gasteiger partial charge < -0.3 is 14.8 Å². The Morgan fingerprint density at radius 1 is 1.00 bits per heavy atom. The first-order chi connectivity index (χ1) is 7.06. The summed E-state index contributed by atoms with van der Waals surface area (Å²) in [5.41, 5.74) is 0.583. The van der Waals surface area contributed by atoms with Crippen molar-refractivity contribution in [3.05, 3.63) is 23.5 Å². The Labute approximate surface area is 86.7 Å². The van der Waals surface area contributed by atoms with Crippen LogP contribution in [0.1, 0.15) is 13.8 Å². The van der Waals surface area contributed by atoms with E-state index in [2.05, 4.69) is 5.32 Å². The van der Waals surface area contributed by atoms with E-state index in [0.29, 0.717) is 11.4 Å². The largest absolute Gasteiger partial charge is 0.454 e. The number of esters is 2. The van der Waals surface area contributed by atoms with Crippen LogP contribution in [-0.4, -0.2) is 24.1 Å². The molecule has 2 atom stereocenters. The van der Waals surface area contributed by atoms with E-state index in [1.54, 1.807) is 26.0 Å². The van der Waals surface area contributed by atoms with Gasteiger partial charge in [-0.2, -0.15) is 0 Å². The Bertz CT molecular complexity index is 347. The van der Waals surface area contributed by atoms with Crippen LogP contribution in [0.3, 0.4) is 0 Å². The summed E-state index contributed by atoms with van der Waals surface area (Å²) in [6, 6.07) is 0. The fourth-order valence-electron chi connectivity index (χ4n) is 1.47. The van der Waals surface area contributed by atoms with E-state index in [-0.39, 0.29) is 12.2 Å². The monoisotopic (exact) mass is 209 g/mol. The molecule has 5 heteroatoms. The minimum absolute atomic E-state index is 0.254. The van der Waals surface area contributed by atoms with E-state index in [0.717, 1.165) is 0 Å². The Hall–Kier alpha value is -1.78. The third-order valence-corrected chi connectivity index (χ3v) is 2.10. The first-order valence-corrected chi connectivity index (χ1v) is 4.69. The zero-order valence-corrected chi connectivity index (χ0v) is 8.44. The van der Waals surface area contributed by atoms with Crippen LogP contribution in [0.4, 0.5) is 0 Å². The van der Waals surface area contributed by atoms with Crippen LogP contribution in [0.5, 0.6) is 0 Å². The number of ether oxygens (including phenoxy) is 2. The maximum absolute atomic E-state index is 11.2. The highest BCUT2D eigenvalue weighted by atomic mass is 16.6. The van der Waals surface area contributed by atoms with Crippen LogP contribution < -0.4 is 5.32 Å². The first-order valence-electron chi connectivity index (χ1n) is 4.69. The third kappa shape index (κ3) is 1.86. The molecule has 0 aromatic rings. The molecule has 80 valence electrons. The molecule has 0 fully saturated rings. The minimum Gasteiger partial charge on any atom is -0.454 e. The molecule has 0 aromatic carbocycles. The molecule has 0 bridgehead atoms. The second kappa shape index (κ2) is 3.42. The number of cyclic esters (lactones) is 2. The molecule has 0 aliphatic carbocycles. The molecular weight excluding hydrogens is 198 g/mol. The number of carbonyl (C=O) groups excluding carboxylic acids is 2. The smallest absolute Gasteiger partial charge is 0.355 e. The number of hydrogen-bond acceptors (Lipinski definition) is 5. The molecule has 2 aliphatic heterocycles. The van der Waals surface area contributed by atoms with Gasteiger partial charge in [-0.25, -0.2) is 9.59 Å². The summed E-state index contributed by atoms with van der Waals surface area (Å²) in [5.74, 6) is -0.897. The SMILES string of the molecule is C[C@@H]1C=C(NC2=C[C@H](C)OC2=O)C(=O)O1. The van der Waals surface area contributed by atoms with Crippen molar-refractivity contribution in [2.24, 2.45) is 0 Å². The lowest BCUT2D eigenvalue weighted by Gasteiger charge is -2.02. The van der Waals surface area contributed by atoms with Crippen molar-refractivity contribution >= 4 is 11.9 Å². The molecule has 0 amide bonds. The van der Waals surface area contributed by atoms with Gasteiger partial charge in [0.2, 0.25) is 0 Å². The van der Waals surface area contributed by atoms with Gasteiger partial charge in [-0.15, -0.1) is 0 Å². The lowest BCUT2D eigenvalue weighted by molar-refractivity contribution is -0.139. The number of carbonyl (C=O) groups is 2. The maximum atomic E-state index is 11.2. The Balaban J connectivity index is 2.10. The van der Waals surface area contributed by atoms with Crippen LogP contribution in [0, 0.1) is 0 Å². The summed E-state index contributed by atoms with van der Waals surface area (Å²) < 4.78 is 9.75. The van der Waals surface area contributed by atoms with Crippen molar-refractivity contribution in [2.45, 2.75) is 26.1 Å². The summed E-state index contributed by atoms with van der Waals surface area (Å²) >= 11 is 0. The van der Waals surface area contributed by atoms with Crippen molar-refractivity contribution in [1.29, 1.82) is 0 Å². The van der Waals surface area contributed by atoms with E-state index in [9.17, 15) is 9.59 Å². The van der Waals surface area contributed by atoms with Crippen molar-refractivity contribution in [3.63, 3.8) is 0 Å². The lowest BCUT2D eigenvalue weighted by Crippen LogP contribution is -2.21. The molecule has 2 heterocycles. The van der Waals surface area contributed by atoms with Crippen LogP contribution >= 0.6 is 0 Å². The van der Waals surface area contributed by atoms with Gasteiger partial charge in [-0.1, -0.05) is 0 Å². The molecule has 0 saturated carbocycles. The van der Waals surface area contributed by atoms with Crippen LogP contribution in [0.15, 0.2) is 23.5 Å². The molecule has 0 aromatic heterocycles. The van der Waals surface area contributed by atoms with Crippen molar-refractivity contribution < 1.29 is 19.1 Å². The van der Waals surface area contributed by atoms with Gasteiger partial charge in [0.1, 0.15) is 23.6 Å². The van der Waals surface area contributed by atoms with E-state index in [1.165, 1.54) is 0 Å². The van der Waals surface area contributed by atoms with Gasteiger partial charge in [0.15, 0.2) is 0 Å². The summed E-state index contributed by atoms with van der Waals surface area (Å²) in [6.45, 7) is 3.49. The molecule has 0 spiro atoms. The predicted octanol–water partition coefficient (Wildman–Crippen LogP) is 0.234. The van der Waals surface area contributed by atoms with Crippen LogP contribution in [-0.2, 0) is 19.1 Å². The Morgan fingerprint density at radius 3 is 1.67 bits per heavy atom. The quantitative estimate of drug-likeness (QED) is 0.660. The number of hydrogen-bond donors (Lipinski definition) is 1. The lowest BCUT2D eigenvalue weighted by atomic mass is 10.3. The maximum Gasteiger partial charge on any atom is 0.355 e. The molecule has 1 N–H and O–H groups in total. The zero-order valence-electron chi connectivity index (χ0n) is 8.44. The fourth-order valence-corrected chi connectivity index (χ4v) is 1.47. The van der Waals surface area contributed by atoms with Gasteiger partial charge >= 0.3 is 11.9 Å². The van der Waals surface area contributed by atoms with Crippen LogP contribution in [0.25, 0.3) is 0 Å². The van der Waals surface area contributed by atoms with E-state index in [4.69, 9.17) is 9.47 Å². The van der Waals surface area contributed by atoms with Gasteiger partial charge in [-0.05, 0) is 26.0 Å². The van der Waals surface area contributed by atoms with Gasteiger partial charge in [0, 0.05) is 0 Å². The fraction of sp³-hybridized carbons (Fsp3) is 0.400.